The van der Waals surface area contributed by atoms with Gasteiger partial charge in [0.15, 0.2) is 0 Å². The maximum Gasteiger partial charge on any atom is 0.144 e. The van der Waals surface area contributed by atoms with Crippen LogP contribution in [0.2, 0.25) is 0 Å². The summed E-state index contributed by atoms with van der Waals surface area (Å²) in [5.41, 5.74) is 8.52. The minimum absolute atomic E-state index is 0.744. The molecule has 0 bridgehead atoms. The monoisotopic (exact) mass is 277 g/mol. The van der Waals surface area contributed by atoms with Gasteiger partial charge >= 0.3 is 0 Å². The van der Waals surface area contributed by atoms with Crippen molar-refractivity contribution in [2.24, 2.45) is 5.84 Å². The number of hydrazine groups is 1. The average molecular weight is 277 g/mol. The minimum atomic E-state index is 0.744. The van der Waals surface area contributed by atoms with Gasteiger partial charge in [0.2, 0.25) is 0 Å². The molecule has 106 valence electrons. The molecule has 0 saturated carbocycles. The Balaban J connectivity index is 2.04. The van der Waals surface area contributed by atoms with Crippen LogP contribution in [0.25, 0.3) is 10.9 Å². The highest BCUT2D eigenvalue weighted by atomic mass is 15.2. The SMILES string of the molecule is Cc1ccc(Cc2cc3ccc(C)cc3nc2NN)cc1. The summed E-state index contributed by atoms with van der Waals surface area (Å²) < 4.78 is 0. The molecular weight excluding hydrogens is 258 g/mol. The van der Waals surface area contributed by atoms with Gasteiger partial charge in [0.1, 0.15) is 5.82 Å². The summed E-state index contributed by atoms with van der Waals surface area (Å²) in [6.45, 7) is 4.16. The van der Waals surface area contributed by atoms with E-state index >= 15 is 0 Å². The van der Waals surface area contributed by atoms with Gasteiger partial charge in [-0.1, -0.05) is 42.0 Å². The number of aryl methyl sites for hydroxylation is 2. The van der Waals surface area contributed by atoms with E-state index in [2.05, 4.69) is 72.8 Å². The summed E-state index contributed by atoms with van der Waals surface area (Å²) in [4.78, 5) is 4.63. The summed E-state index contributed by atoms with van der Waals surface area (Å²) in [6.07, 6.45) is 0.816. The van der Waals surface area contributed by atoms with Gasteiger partial charge in [0, 0.05) is 17.4 Å². The van der Waals surface area contributed by atoms with Crippen LogP contribution in [0.5, 0.6) is 0 Å². The van der Waals surface area contributed by atoms with E-state index in [1.165, 1.54) is 16.7 Å². The Morgan fingerprint density at radius 2 is 1.67 bits per heavy atom. The number of nitrogens with zero attached hydrogens (tertiary/aromatic N) is 1. The first kappa shape index (κ1) is 13.6. The number of aromatic nitrogens is 1. The number of rotatable bonds is 3. The third-order valence-electron chi connectivity index (χ3n) is 3.70. The third-order valence-corrected chi connectivity index (χ3v) is 3.70. The largest absolute Gasteiger partial charge is 0.308 e. The van der Waals surface area contributed by atoms with Gasteiger partial charge < -0.3 is 5.43 Å². The van der Waals surface area contributed by atoms with Gasteiger partial charge in [-0.05, 0) is 37.1 Å². The number of nitrogen functional groups attached to an aromatic ring is 1. The molecule has 0 aliphatic heterocycles. The first-order valence-corrected chi connectivity index (χ1v) is 7.08. The Morgan fingerprint density at radius 1 is 0.952 bits per heavy atom. The molecule has 21 heavy (non-hydrogen) atoms. The fourth-order valence-corrected chi connectivity index (χ4v) is 2.51. The molecule has 0 unspecified atom stereocenters. The maximum absolute atomic E-state index is 5.64. The van der Waals surface area contributed by atoms with Gasteiger partial charge in [-0.25, -0.2) is 10.8 Å². The van der Waals surface area contributed by atoms with Crippen molar-refractivity contribution in [1.29, 1.82) is 0 Å². The van der Waals surface area contributed by atoms with Gasteiger partial charge in [-0.2, -0.15) is 0 Å². The van der Waals surface area contributed by atoms with E-state index in [1.54, 1.807) is 0 Å². The number of anilines is 1. The standard InChI is InChI=1S/C18H19N3/c1-12-3-6-14(7-4-12)10-16-11-15-8-5-13(2)9-17(15)20-18(16)21-19/h3-9,11H,10,19H2,1-2H3,(H,20,21). The van der Waals surface area contributed by atoms with Gasteiger partial charge in [0.25, 0.3) is 0 Å². The van der Waals surface area contributed by atoms with E-state index in [0.29, 0.717) is 0 Å². The quantitative estimate of drug-likeness (QED) is 0.566. The van der Waals surface area contributed by atoms with Crippen LogP contribution in [0, 0.1) is 13.8 Å². The Morgan fingerprint density at radius 3 is 2.38 bits per heavy atom. The van der Waals surface area contributed by atoms with Crippen molar-refractivity contribution in [3.63, 3.8) is 0 Å². The van der Waals surface area contributed by atoms with Crippen LogP contribution in [0.1, 0.15) is 22.3 Å². The smallest absolute Gasteiger partial charge is 0.144 e. The summed E-state index contributed by atoms with van der Waals surface area (Å²) in [6, 6.07) is 17.0. The van der Waals surface area contributed by atoms with Gasteiger partial charge in [0.05, 0.1) is 5.52 Å². The van der Waals surface area contributed by atoms with Crippen LogP contribution in [-0.4, -0.2) is 4.98 Å². The molecule has 0 amide bonds. The lowest BCUT2D eigenvalue weighted by molar-refractivity contribution is 1.14. The lowest BCUT2D eigenvalue weighted by Crippen LogP contribution is -2.11. The van der Waals surface area contributed by atoms with Crippen LogP contribution in [-0.2, 0) is 6.42 Å². The molecule has 3 nitrogen and oxygen atoms in total. The molecule has 2 aromatic carbocycles. The van der Waals surface area contributed by atoms with E-state index in [9.17, 15) is 0 Å². The van der Waals surface area contributed by atoms with Crippen molar-refractivity contribution >= 4 is 16.7 Å². The number of hydrogen-bond acceptors (Lipinski definition) is 3. The molecule has 0 radical (unpaired) electrons. The zero-order valence-electron chi connectivity index (χ0n) is 12.4. The minimum Gasteiger partial charge on any atom is -0.308 e. The lowest BCUT2D eigenvalue weighted by atomic mass is 10.0. The molecule has 0 aliphatic carbocycles. The normalized spacial score (nSPS) is 10.8. The maximum atomic E-state index is 5.64. The lowest BCUT2D eigenvalue weighted by Gasteiger charge is -2.11. The predicted octanol–water partition coefficient (Wildman–Crippen LogP) is 3.73. The zero-order chi connectivity index (χ0) is 14.8. The summed E-state index contributed by atoms with van der Waals surface area (Å²) >= 11 is 0. The summed E-state index contributed by atoms with van der Waals surface area (Å²) in [5.74, 6) is 6.39. The van der Waals surface area contributed by atoms with E-state index in [4.69, 9.17) is 5.84 Å². The Kier molecular flexibility index (Phi) is 3.59. The Labute approximate surface area is 124 Å². The summed E-state index contributed by atoms with van der Waals surface area (Å²) in [7, 11) is 0. The number of nitrogens with two attached hydrogens (primary N) is 1. The van der Waals surface area contributed by atoms with Crippen LogP contribution >= 0.6 is 0 Å². The molecule has 0 aliphatic rings. The Bertz CT molecular complexity index is 776. The number of fused-ring (bicyclic) bond motifs is 1. The van der Waals surface area contributed by atoms with E-state index < -0.39 is 0 Å². The van der Waals surface area contributed by atoms with E-state index in [1.807, 2.05) is 0 Å². The molecule has 0 fully saturated rings. The molecule has 3 heteroatoms. The summed E-state index contributed by atoms with van der Waals surface area (Å²) in [5, 5.41) is 1.14. The predicted molar refractivity (Wildman–Crippen MR) is 88.3 cm³/mol. The topological polar surface area (TPSA) is 50.9 Å². The molecule has 3 aromatic rings. The molecule has 0 saturated heterocycles. The molecule has 3 rings (SSSR count). The van der Waals surface area contributed by atoms with Crippen molar-refractivity contribution in [3.05, 3.63) is 70.8 Å². The number of hydrogen-bond donors (Lipinski definition) is 2. The van der Waals surface area contributed by atoms with Crippen LogP contribution in [0.4, 0.5) is 5.82 Å². The van der Waals surface area contributed by atoms with Crippen LogP contribution in [0.15, 0.2) is 48.5 Å². The van der Waals surface area contributed by atoms with Crippen molar-refractivity contribution < 1.29 is 0 Å². The fraction of sp³-hybridized carbons (Fsp3) is 0.167. The first-order valence-electron chi connectivity index (χ1n) is 7.08. The Hall–Kier alpha value is -2.39. The molecule has 1 heterocycles. The van der Waals surface area contributed by atoms with Crippen LogP contribution < -0.4 is 11.3 Å². The van der Waals surface area contributed by atoms with E-state index in [-0.39, 0.29) is 0 Å². The molecular formula is C18H19N3. The molecule has 3 N–H and O–H groups in total. The number of nitrogens with one attached hydrogen (secondary N) is 1. The first-order chi connectivity index (χ1) is 10.2. The highest BCUT2D eigenvalue weighted by Crippen LogP contribution is 2.23. The van der Waals surface area contributed by atoms with Gasteiger partial charge in [-0.3, -0.25) is 0 Å². The van der Waals surface area contributed by atoms with Crippen molar-refractivity contribution in [2.45, 2.75) is 20.3 Å². The van der Waals surface area contributed by atoms with Crippen molar-refractivity contribution in [1.82, 2.24) is 4.98 Å². The van der Waals surface area contributed by atoms with E-state index in [0.717, 1.165) is 28.7 Å². The second kappa shape index (κ2) is 5.54. The third kappa shape index (κ3) is 2.88. The average Bonchev–Trinajstić information content (AvgIpc) is 2.49. The highest BCUT2D eigenvalue weighted by Gasteiger charge is 2.07. The second-order valence-electron chi connectivity index (χ2n) is 5.50. The van der Waals surface area contributed by atoms with Gasteiger partial charge in [-0.15, -0.1) is 0 Å². The molecule has 0 spiro atoms. The van der Waals surface area contributed by atoms with Crippen molar-refractivity contribution in [2.75, 3.05) is 5.43 Å². The number of benzene rings is 2. The fourth-order valence-electron chi connectivity index (χ4n) is 2.51. The molecule has 0 atom stereocenters. The zero-order valence-corrected chi connectivity index (χ0v) is 12.4. The highest BCUT2D eigenvalue weighted by molar-refractivity contribution is 5.82. The molecule has 1 aromatic heterocycles. The second-order valence-corrected chi connectivity index (χ2v) is 5.50. The van der Waals surface area contributed by atoms with Crippen LogP contribution in [0.3, 0.4) is 0 Å². The van der Waals surface area contributed by atoms with Crippen molar-refractivity contribution in [3.8, 4) is 0 Å². The number of pyridine rings is 1.